The fraction of sp³-hybridized carbons (Fsp3) is 0. The molecule has 0 N–H and O–H groups in total. The summed E-state index contributed by atoms with van der Waals surface area (Å²) in [5.74, 6) is 2.14. The summed E-state index contributed by atoms with van der Waals surface area (Å²) in [4.78, 5) is 19.7. The zero-order valence-electron chi connectivity index (χ0n) is 21.3. The maximum absolute atomic E-state index is 13.8. The number of imidazole rings is 1. The van der Waals surface area contributed by atoms with Gasteiger partial charge in [-0.2, -0.15) is 0 Å². The number of hydrogen-bond acceptors (Lipinski definition) is 4. The molecule has 0 aliphatic heterocycles. The van der Waals surface area contributed by atoms with E-state index in [1.807, 2.05) is 109 Å². The summed E-state index contributed by atoms with van der Waals surface area (Å²) in [6.45, 7) is 0. The van der Waals surface area contributed by atoms with Crippen molar-refractivity contribution >= 4 is 11.0 Å². The standard InChI is InChI=1S/C34H22FN5/c35-26-21-19-25(20-22-26)34-36-28-16-8-10-18-30(28)40(34)29-17-9-7-15-27(29)33-38-31(23-11-3-1-4-12-23)37-32(39-33)24-13-5-2-6-14-24/h1-22H. The Kier molecular flexibility index (Phi) is 5.90. The zero-order valence-corrected chi connectivity index (χ0v) is 21.3. The summed E-state index contributed by atoms with van der Waals surface area (Å²) in [5.41, 5.74) is 6.06. The van der Waals surface area contributed by atoms with E-state index in [9.17, 15) is 4.39 Å². The molecule has 5 aromatic carbocycles. The molecule has 0 spiro atoms. The minimum Gasteiger partial charge on any atom is -0.292 e. The number of halogens is 1. The second-order valence-electron chi connectivity index (χ2n) is 9.32. The van der Waals surface area contributed by atoms with Gasteiger partial charge >= 0.3 is 0 Å². The van der Waals surface area contributed by atoms with Gasteiger partial charge < -0.3 is 0 Å². The molecule has 0 bridgehead atoms. The lowest BCUT2D eigenvalue weighted by Crippen LogP contribution is -2.04. The first-order valence-electron chi connectivity index (χ1n) is 12.9. The Bertz CT molecular complexity index is 1890. The van der Waals surface area contributed by atoms with Crippen LogP contribution in [-0.4, -0.2) is 24.5 Å². The smallest absolute Gasteiger partial charge is 0.166 e. The summed E-state index contributed by atoms with van der Waals surface area (Å²) >= 11 is 0. The van der Waals surface area contributed by atoms with Crippen LogP contribution in [0.3, 0.4) is 0 Å². The monoisotopic (exact) mass is 519 g/mol. The maximum atomic E-state index is 13.8. The van der Waals surface area contributed by atoms with Crippen LogP contribution in [0.1, 0.15) is 0 Å². The van der Waals surface area contributed by atoms with Crippen molar-refractivity contribution in [3.63, 3.8) is 0 Å². The highest BCUT2D eigenvalue weighted by atomic mass is 19.1. The molecular weight excluding hydrogens is 497 g/mol. The van der Waals surface area contributed by atoms with E-state index in [0.29, 0.717) is 23.3 Å². The molecule has 0 aliphatic rings. The van der Waals surface area contributed by atoms with Crippen molar-refractivity contribution in [1.82, 2.24) is 24.5 Å². The molecule has 190 valence electrons. The zero-order chi connectivity index (χ0) is 26.9. The fourth-order valence-corrected chi connectivity index (χ4v) is 4.85. The molecule has 0 radical (unpaired) electrons. The molecule has 0 saturated heterocycles. The van der Waals surface area contributed by atoms with Crippen molar-refractivity contribution in [1.29, 1.82) is 0 Å². The highest BCUT2D eigenvalue weighted by Crippen LogP contribution is 2.34. The van der Waals surface area contributed by atoms with Gasteiger partial charge in [0.25, 0.3) is 0 Å². The Morgan fingerprint density at radius 3 is 1.68 bits per heavy atom. The molecule has 7 rings (SSSR count). The van der Waals surface area contributed by atoms with Crippen molar-refractivity contribution in [3.8, 4) is 51.2 Å². The van der Waals surface area contributed by atoms with Gasteiger partial charge in [0.1, 0.15) is 11.6 Å². The Morgan fingerprint density at radius 2 is 1.00 bits per heavy atom. The summed E-state index contributed by atoms with van der Waals surface area (Å²) in [6, 6.07) is 42.2. The number of para-hydroxylation sites is 3. The second kappa shape index (κ2) is 10.0. The molecule has 2 heterocycles. The van der Waals surface area contributed by atoms with Crippen LogP contribution in [0, 0.1) is 5.82 Å². The van der Waals surface area contributed by atoms with Gasteiger partial charge in [0.2, 0.25) is 0 Å². The molecule has 0 fully saturated rings. The molecular formula is C34H22FN5. The number of rotatable bonds is 5. The third-order valence-corrected chi connectivity index (χ3v) is 6.75. The third kappa shape index (κ3) is 4.31. The topological polar surface area (TPSA) is 56.5 Å². The van der Waals surface area contributed by atoms with Crippen molar-refractivity contribution < 1.29 is 4.39 Å². The van der Waals surface area contributed by atoms with Crippen LogP contribution in [0.4, 0.5) is 4.39 Å². The van der Waals surface area contributed by atoms with Crippen LogP contribution in [0.15, 0.2) is 133 Å². The van der Waals surface area contributed by atoms with Gasteiger partial charge in [-0.15, -0.1) is 0 Å². The van der Waals surface area contributed by atoms with Crippen molar-refractivity contribution in [2.45, 2.75) is 0 Å². The SMILES string of the molecule is Fc1ccc(-c2nc3ccccc3n2-c2ccccc2-c2nc(-c3ccccc3)nc(-c3ccccc3)n2)cc1. The lowest BCUT2D eigenvalue weighted by Gasteiger charge is -2.15. The van der Waals surface area contributed by atoms with Gasteiger partial charge in [-0.1, -0.05) is 84.9 Å². The molecule has 7 aromatic rings. The van der Waals surface area contributed by atoms with Crippen LogP contribution in [0.25, 0.3) is 62.3 Å². The van der Waals surface area contributed by atoms with Gasteiger partial charge in [-0.3, -0.25) is 4.57 Å². The number of aromatic nitrogens is 5. The lowest BCUT2D eigenvalue weighted by atomic mass is 10.1. The Morgan fingerprint density at radius 1 is 0.450 bits per heavy atom. The number of benzene rings is 5. The molecule has 5 nitrogen and oxygen atoms in total. The predicted octanol–water partition coefficient (Wildman–Crippen LogP) is 8.02. The number of hydrogen-bond donors (Lipinski definition) is 0. The molecule has 0 aliphatic carbocycles. The van der Waals surface area contributed by atoms with Crippen LogP contribution in [-0.2, 0) is 0 Å². The molecule has 6 heteroatoms. The summed E-state index contributed by atoms with van der Waals surface area (Å²) < 4.78 is 15.9. The third-order valence-electron chi connectivity index (χ3n) is 6.75. The minimum absolute atomic E-state index is 0.293. The first-order valence-corrected chi connectivity index (χ1v) is 12.9. The van der Waals surface area contributed by atoms with Crippen molar-refractivity contribution in [2.75, 3.05) is 0 Å². The first-order chi connectivity index (χ1) is 19.7. The minimum atomic E-state index is -0.293. The molecule has 40 heavy (non-hydrogen) atoms. The van der Waals surface area contributed by atoms with Gasteiger partial charge in [0.15, 0.2) is 17.5 Å². The van der Waals surface area contributed by atoms with Gasteiger partial charge in [0.05, 0.1) is 16.7 Å². The molecule has 0 saturated carbocycles. The van der Waals surface area contributed by atoms with Gasteiger partial charge in [-0.05, 0) is 48.5 Å². The van der Waals surface area contributed by atoms with E-state index in [2.05, 4.69) is 4.57 Å². The summed E-state index contributed by atoms with van der Waals surface area (Å²) in [7, 11) is 0. The molecule has 2 aromatic heterocycles. The van der Waals surface area contributed by atoms with Crippen LogP contribution in [0.2, 0.25) is 0 Å². The van der Waals surface area contributed by atoms with Crippen LogP contribution in [0.5, 0.6) is 0 Å². The van der Waals surface area contributed by atoms with E-state index in [0.717, 1.165) is 39.0 Å². The van der Waals surface area contributed by atoms with Gasteiger partial charge in [-0.25, -0.2) is 24.3 Å². The van der Waals surface area contributed by atoms with Crippen LogP contribution >= 0.6 is 0 Å². The predicted molar refractivity (Wildman–Crippen MR) is 156 cm³/mol. The van der Waals surface area contributed by atoms with E-state index in [-0.39, 0.29) is 5.82 Å². The highest BCUT2D eigenvalue weighted by Gasteiger charge is 2.20. The molecule has 0 atom stereocenters. The fourth-order valence-electron chi connectivity index (χ4n) is 4.85. The summed E-state index contributed by atoms with van der Waals surface area (Å²) in [6.07, 6.45) is 0. The van der Waals surface area contributed by atoms with Gasteiger partial charge in [0, 0.05) is 22.3 Å². The second-order valence-corrected chi connectivity index (χ2v) is 9.32. The van der Waals surface area contributed by atoms with E-state index in [1.54, 1.807) is 12.1 Å². The number of fused-ring (bicyclic) bond motifs is 1. The Balaban J connectivity index is 1.49. The Labute approximate surface area is 230 Å². The molecule has 0 unspecified atom stereocenters. The average Bonchev–Trinajstić information content (AvgIpc) is 3.41. The van der Waals surface area contributed by atoms with E-state index >= 15 is 0 Å². The average molecular weight is 520 g/mol. The van der Waals surface area contributed by atoms with E-state index < -0.39 is 0 Å². The number of nitrogens with zero attached hydrogens (tertiary/aromatic N) is 5. The maximum Gasteiger partial charge on any atom is 0.166 e. The first kappa shape index (κ1) is 23.6. The van der Waals surface area contributed by atoms with E-state index in [1.165, 1.54) is 12.1 Å². The van der Waals surface area contributed by atoms with Crippen LogP contribution < -0.4 is 0 Å². The summed E-state index contributed by atoms with van der Waals surface area (Å²) in [5, 5.41) is 0. The van der Waals surface area contributed by atoms with E-state index in [4.69, 9.17) is 19.9 Å². The highest BCUT2D eigenvalue weighted by molar-refractivity contribution is 5.86. The largest absolute Gasteiger partial charge is 0.292 e. The molecule has 0 amide bonds. The quantitative estimate of drug-likeness (QED) is 0.231. The normalized spacial score (nSPS) is 11.1. The Hall–Kier alpha value is -5.49. The lowest BCUT2D eigenvalue weighted by molar-refractivity contribution is 0.628. The van der Waals surface area contributed by atoms with Crippen molar-refractivity contribution in [3.05, 3.63) is 139 Å². The van der Waals surface area contributed by atoms with Crippen molar-refractivity contribution in [2.24, 2.45) is 0 Å².